The monoisotopic (exact) mass is 354 g/mol. The predicted octanol–water partition coefficient (Wildman–Crippen LogP) is 3.34. The molecular formula is C13H12BrClN4O. The number of aromatic nitrogens is 1. The highest BCUT2D eigenvalue weighted by atomic mass is 79.9. The molecule has 2 aromatic rings. The Balaban J connectivity index is 2.23. The SMILES string of the molecule is Cc1cc(C(=O)Nc2ccc(Br)c(Cl)c2)cc(NN)n1. The van der Waals surface area contributed by atoms with Crippen LogP contribution in [0.15, 0.2) is 34.8 Å². The van der Waals surface area contributed by atoms with Crippen LogP contribution in [0.3, 0.4) is 0 Å². The van der Waals surface area contributed by atoms with Gasteiger partial charge in [0.15, 0.2) is 0 Å². The minimum Gasteiger partial charge on any atom is -0.322 e. The van der Waals surface area contributed by atoms with Gasteiger partial charge in [-0.25, -0.2) is 10.8 Å². The number of nitrogens with zero attached hydrogens (tertiary/aromatic N) is 1. The maximum atomic E-state index is 12.2. The van der Waals surface area contributed by atoms with Gasteiger partial charge in [0.25, 0.3) is 5.91 Å². The molecule has 104 valence electrons. The number of pyridine rings is 1. The number of carbonyl (C=O) groups excluding carboxylic acids is 1. The molecule has 0 aliphatic carbocycles. The maximum absolute atomic E-state index is 12.2. The molecule has 5 nitrogen and oxygen atoms in total. The normalized spacial score (nSPS) is 10.2. The molecule has 1 aromatic heterocycles. The Morgan fingerprint density at radius 1 is 1.35 bits per heavy atom. The summed E-state index contributed by atoms with van der Waals surface area (Å²) >= 11 is 9.28. The van der Waals surface area contributed by atoms with Gasteiger partial charge < -0.3 is 10.7 Å². The van der Waals surface area contributed by atoms with E-state index in [9.17, 15) is 4.79 Å². The van der Waals surface area contributed by atoms with Gasteiger partial charge in [0.2, 0.25) is 0 Å². The fourth-order valence-electron chi connectivity index (χ4n) is 1.65. The van der Waals surface area contributed by atoms with E-state index in [-0.39, 0.29) is 5.91 Å². The van der Waals surface area contributed by atoms with Crippen molar-refractivity contribution in [3.8, 4) is 0 Å². The number of rotatable bonds is 3. The number of hydrogen-bond donors (Lipinski definition) is 3. The number of hydrazine groups is 1. The van der Waals surface area contributed by atoms with Crippen molar-refractivity contribution in [2.75, 3.05) is 10.7 Å². The van der Waals surface area contributed by atoms with Crippen LogP contribution in [0, 0.1) is 6.92 Å². The van der Waals surface area contributed by atoms with Gasteiger partial charge in [0.05, 0.1) is 5.02 Å². The highest BCUT2D eigenvalue weighted by molar-refractivity contribution is 9.10. The molecule has 0 spiro atoms. The molecule has 0 radical (unpaired) electrons. The van der Waals surface area contributed by atoms with E-state index in [0.29, 0.717) is 27.8 Å². The molecule has 4 N–H and O–H groups in total. The zero-order chi connectivity index (χ0) is 14.7. The smallest absolute Gasteiger partial charge is 0.255 e. The van der Waals surface area contributed by atoms with E-state index in [1.807, 2.05) is 0 Å². The van der Waals surface area contributed by atoms with E-state index < -0.39 is 0 Å². The van der Waals surface area contributed by atoms with Crippen LogP contribution in [-0.4, -0.2) is 10.9 Å². The average Bonchev–Trinajstić information content (AvgIpc) is 2.42. The van der Waals surface area contributed by atoms with Gasteiger partial charge >= 0.3 is 0 Å². The highest BCUT2D eigenvalue weighted by Gasteiger charge is 2.09. The van der Waals surface area contributed by atoms with Crippen molar-refractivity contribution in [1.29, 1.82) is 0 Å². The van der Waals surface area contributed by atoms with E-state index in [1.165, 1.54) is 0 Å². The minimum absolute atomic E-state index is 0.259. The molecule has 2 rings (SSSR count). The van der Waals surface area contributed by atoms with E-state index in [2.05, 4.69) is 31.7 Å². The van der Waals surface area contributed by atoms with Gasteiger partial charge in [-0.1, -0.05) is 11.6 Å². The number of nitrogen functional groups attached to an aromatic ring is 1. The number of nitrogens with two attached hydrogens (primary N) is 1. The summed E-state index contributed by atoms with van der Waals surface area (Å²) in [5.74, 6) is 5.49. The van der Waals surface area contributed by atoms with Gasteiger partial charge in [-0.2, -0.15) is 0 Å². The second-order valence-corrected chi connectivity index (χ2v) is 5.37. The lowest BCUT2D eigenvalue weighted by atomic mass is 10.2. The molecule has 0 atom stereocenters. The van der Waals surface area contributed by atoms with Crippen LogP contribution in [0.5, 0.6) is 0 Å². The summed E-state index contributed by atoms with van der Waals surface area (Å²) in [6.45, 7) is 1.79. The number of amides is 1. The summed E-state index contributed by atoms with van der Waals surface area (Å²) in [6, 6.07) is 8.44. The lowest BCUT2D eigenvalue weighted by molar-refractivity contribution is 0.102. The zero-order valence-corrected chi connectivity index (χ0v) is 12.9. The Hall–Kier alpha value is -1.63. The van der Waals surface area contributed by atoms with Crippen molar-refractivity contribution < 1.29 is 4.79 Å². The third kappa shape index (κ3) is 3.47. The van der Waals surface area contributed by atoms with Crippen LogP contribution in [0.25, 0.3) is 0 Å². The number of nitrogens with one attached hydrogen (secondary N) is 2. The van der Waals surface area contributed by atoms with E-state index in [1.54, 1.807) is 37.3 Å². The Morgan fingerprint density at radius 3 is 2.75 bits per heavy atom. The summed E-state index contributed by atoms with van der Waals surface area (Å²) in [5.41, 5.74) is 4.19. The molecule has 0 aliphatic heterocycles. The van der Waals surface area contributed by atoms with Gasteiger partial charge in [-0.05, 0) is 53.2 Å². The quantitative estimate of drug-likeness (QED) is 0.583. The van der Waals surface area contributed by atoms with Crippen LogP contribution in [0.2, 0.25) is 5.02 Å². The van der Waals surface area contributed by atoms with Crippen molar-refractivity contribution in [1.82, 2.24) is 4.98 Å². The molecule has 0 unspecified atom stereocenters. The van der Waals surface area contributed by atoms with Gasteiger partial charge in [0, 0.05) is 21.4 Å². The fraction of sp³-hybridized carbons (Fsp3) is 0.0769. The van der Waals surface area contributed by atoms with Crippen LogP contribution in [-0.2, 0) is 0 Å². The molecule has 0 saturated carbocycles. The topological polar surface area (TPSA) is 80.0 Å². The zero-order valence-electron chi connectivity index (χ0n) is 10.6. The van der Waals surface area contributed by atoms with E-state index >= 15 is 0 Å². The lowest BCUT2D eigenvalue weighted by Crippen LogP contribution is -2.15. The summed E-state index contributed by atoms with van der Waals surface area (Å²) in [6.07, 6.45) is 0. The predicted molar refractivity (Wildman–Crippen MR) is 83.9 cm³/mol. The molecule has 0 fully saturated rings. The number of benzene rings is 1. The molecule has 20 heavy (non-hydrogen) atoms. The highest BCUT2D eigenvalue weighted by Crippen LogP contribution is 2.25. The second-order valence-electron chi connectivity index (χ2n) is 4.11. The first kappa shape index (κ1) is 14.8. The largest absolute Gasteiger partial charge is 0.322 e. The molecule has 7 heteroatoms. The van der Waals surface area contributed by atoms with Crippen molar-refractivity contribution in [3.05, 3.63) is 51.1 Å². The number of carbonyl (C=O) groups is 1. The maximum Gasteiger partial charge on any atom is 0.255 e. The van der Waals surface area contributed by atoms with Gasteiger partial charge in [-0.15, -0.1) is 0 Å². The number of aryl methyl sites for hydroxylation is 1. The van der Waals surface area contributed by atoms with Crippen LogP contribution in [0.1, 0.15) is 16.1 Å². The standard InChI is InChI=1S/C13H12BrClN4O/c1-7-4-8(5-12(17-7)19-16)13(20)18-9-2-3-10(14)11(15)6-9/h2-6H,16H2,1H3,(H,17,19)(H,18,20). The molecule has 0 saturated heterocycles. The average molecular weight is 356 g/mol. The summed E-state index contributed by atoms with van der Waals surface area (Å²) in [7, 11) is 0. The Kier molecular flexibility index (Phi) is 4.59. The number of halogens is 2. The third-order valence-electron chi connectivity index (χ3n) is 2.54. The first-order valence-electron chi connectivity index (χ1n) is 5.71. The van der Waals surface area contributed by atoms with Gasteiger partial charge in [0.1, 0.15) is 5.82 Å². The molecule has 1 amide bonds. The Morgan fingerprint density at radius 2 is 2.10 bits per heavy atom. The first-order chi connectivity index (χ1) is 9.49. The van der Waals surface area contributed by atoms with Crippen molar-refractivity contribution in [2.24, 2.45) is 5.84 Å². The van der Waals surface area contributed by atoms with Crippen LogP contribution >= 0.6 is 27.5 Å². The molecular weight excluding hydrogens is 344 g/mol. The molecule has 1 heterocycles. The summed E-state index contributed by atoms with van der Waals surface area (Å²) in [5, 5.41) is 3.29. The van der Waals surface area contributed by atoms with Gasteiger partial charge in [-0.3, -0.25) is 4.79 Å². The van der Waals surface area contributed by atoms with Crippen molar-refractivity contribution >= 4 is 44.9 Å². The van der Waals surface area contributed by atoms with Crippen LogP contribution in [0.4, 0.5) is 11.5 Å². The lowest BCUT2D eigenvalue weighted by Gasteiger charge is -2.08. The summed E-state index contributed by atoms with van der Waals surface area (Å²) < 4.78 is 0.770. The minimum atomic E-state index is -0.259. The Bertz CT molecular complexity index is 663. The third-order valence-corrected chi connectivity index (χ3v) is 3.77. The van der Waals surface area contributed by atoms with E-state index in [4.69, 9.17) is 17.4 Å². The van der Waals surface area contributed by atoms with Crippen molar-refractivity contribution in [2.45, 2.75) is 6.92 Å². The molecule has 0 bridgehead atoms. The Labute approximate surface area is 129 Å². The molecule has 1 aromatic carbocycles. The van der Waals surface area contributed by atoms with Crippen molar-refractivity contribution in [3.63, 3.8) is 0 Å². The fourth-order valence-corrected chi connectivity index (χ4v) is 2.08. The second kappa shape index (κ2) is 6.21. The number of hydrogen-bond acceptors (Lipinski definition) is 4. The summed E-state index contributed by atoms with van der Waals surface area (Å²) in [4.78, 5) is 16.3. The first-order valence-corrected chi connectivity index (χ1v) is 6.88. The van der Waals surface area contributed by atoms with Crippen LogP contribution < -0.4 is 16.6 Å². The van der Waals surface area contributed by atoms with E-state index in [0.717, 1.165) is 4.47 Å². The molecule has 0 aliphatic rings. The number of anilines is 2.